The van der Waals surface area contributed by atoms with Crippen LogP contribution in [-0.4, -0.2) is 39.7 Å². The van der Waals surface area contributed by atoms with Gasteiger partial charge in [-0.25, -0.2) is 5.43 Å². The molecule has 0 radical (unpaired) electrons. The van der Waals surface area contributed by atoms with E-state index in [1.54, 1.807) is 7.05 Å². The summed E-state index contributed by atoms with van der Waals surface area (Å²) in [5.74, 6) is 0.862. The summed E-state index contributed by atoms with van der Waals surface area (Å²) >= 11 is 0. The fraction of sp³-hybridized carbons (Fsp3) is 0.273. The van der Waals surface area contributed by atoms with E-state index in [-0.39, 0.29) is 17.6 Å². The Kier molecular flexibility index (Phi) is 4.80. The second-order valence-corrected chi connectivity index (χ2v) is 3.89. The molecule has 116 valence electrons. The molecule has 11 nitrogen and oxygen atoms in total. The van der Waals surface area contributed by atoms with Crippen LogP contribution in [0.25, 0.3) is 0 Å². The minimum atomic E-state index is -0.626. The van der Waals surface area contributed by atoms with Gasteiger partial charge in [-0.1, -0.05) is 0 Å². The number of aromatic nitrogens is 3. The van der Waals surface area contributed by atoms with Crippen molar-refractivity contribution in [3.05, 3.63) is 28.0 Å². The Labute approximate surface area is 125 Å². The van der Waals surface area contributed by atoms with Crippen molar-refractivity contribution in [2.75, 3.05) is 29.7 Å². The van der Waals surface area contributed by atoms with Gasteiger partial charge < -0.3 is 15.1 Å². The molecular formula is C11H14N8O3. The number of nitro groups is 1. The van der Waals surface area contributed by atoms with Crippen LogP contribution in [0.1, 0.15) is 12.7 Å². The number of nitrogens with zero attached hydrogens (tertiary/aromatic N) is 5. The molecule has 0 aliphatic carbocycles. The topological polar surface area (TPSA) is 143 Å². The molecule has 2 rings (SSSR count). The summed E-state index contributed by atoms with van der Waals surface area (Å²) in [6.45, 7) is 2.57. The Morgan fingerprint density at radius 1 is 1.32 bits per heavy atom. The predicted octanol–water partition coefficient (Wildman–Crippen LogP) is 1.29. The summed E-state index contributed by atoms with van der Waals surface area (Å²) in [7, 11) is 1.68. The van der Waals surface area contributed by atoms with E-state index in [9.17, 15) is 10.1 Å². The molecule has 2 aromatic rings. The lowest BCUT2D eigenvalue weighted by Gasteiger charge is -2.06. The van der Waals surface area contributed by atoms with E-state index < -0.39 is 4.92 Å². The van der Waals surface area contributed by atoms with Crippen LogP contribution in [0, 0.1) is 10.1 Å². The maximum Gasteiger partial charge on any atom is 0.433 e. The van der Waals surface area contributed by atoms with E-state index in [1.165, 1.54) is 18.3 Å². The minimum Gasteiger partial charge on any atom is -0.400 e. The number of furan rings is 1. The van der Waals surface area contributed by atoms with E-state index in [1.807, 2.05) is 6.92 Å². The van der Waals surface area contributed by atoms with Crippen molar-refractivity contribution < 1.29 is 9.34 Å². The van der Waals surface area contributed by atoms with E-state index in [4.69, 9.17) is 4.42 Å². The Balaban J connectivity index is 2.07. The zero-order valence-corrected chi connectivity index (χ0v) is 11.9. The van der Waals surface area contributed by atoms with Gasteiger partial charge in [0.1, 0.15) is 4.92 Å². The average molecular weight is 306 g/mol. The normalized spacial score (nSPS) is 10.6. The van der Waals surface area contributed by atoms with Crippen LogP contribution in [0.3, 0.4) is 0 Å². The van der Waals surface area contributed by atoms with Gasteiger partial charge >= 0.3 is 5.88 Å². The predicted molar refractivity (Wildman–Crippen MR) is 80.1 cm³/mol. The van der Waals surface area contributed by atoms with Crippen molar-refractivity contribution in [2.24, 2.45) is 5.10 Å². The lowest BCUT2D eigenvalue weighted by Crippen LogP contribution is -2.09. The molecule has 0 aliphatic heterocycles. The van der Waals surface area contributed by atoms with E-state index >= 15 is 0 Å². The maximum atomic E-state index is 10.5. The van der Waals surface area contributed by atoms with Crippen LogP contribution in [0.2, 0.25) is 0 Å². The quantitative estimate of drug-likeness (QED) is 0.391. The molecule has 2 heterocycles. The Morgan fingerprint density at radius 3 is 2.68 bits per heavy atom. The third-order valence-electron chi connectivity index (χ3n) is 2.34. The van der Waals surface area contributed by atoms with E-state index in [2.05, 4.69) is 36.1 Å². The molecular weight excluding hydrogens is 292 g/mol. The van der Waals surface area contributed by atoms with E-state index in [0.717, 1.165) is 0 Å². The van der Waals surface area contributed by atoms with Gasteiger partial charge in [0.15, 0.2) is 5.76 Å². The van der Waals surface area contributed by atoms with Crippen LogP contribution in [0.5, 0.6) is 0 Å². The van der Waals surface area contributed by atoms with Gasteiger partial charge in [-0.05, 0) is 13.0 Å². The first-order valence-corrected chi connectivity index (χ1v) is 6.33. The van der Waals surface area contributed by atoms with Crippen molar-refractivity contribution in [1.29, 1.82) is 0 Å². The molecule has 0 saturated heterocycles. The molecule has 0 fully saturated rings. The van der Waals surface area contributed by atoms with Crippen LogP contribution in [0.4, 0.5) is 23.7 Å². The third-order valence-corrected chi connectivity index (χ3v) is 2.34. The van der Waals surface area contributed by atoms with Gasteiger partial charge in [-0.15, -0.1) is 0 Å². The van der Waals surface area contributed by atoms with Gasteiger partial charge in [-0.3, -0.25) is 10.1 Å². The van der Waals surface area contributed by atoms with Crippen molar-refractivity contribution >= 4 is 29.9 Å². The Hall–Kier alpha value is -3.24. The van der Waals surface area contributed by atoms with Crippen molar-refractivity contribution in [2.45, 2.75) is 6.92 Å². The number of rotatable bonds is 7. The standard InChI is InChI=1S/C11H14N8O3/c1-3-13-10-15-9(12-2)16-11(17-10)18-14-6-7-4-5-8(22-7)19(20)21/h4-6H,3H2,1-2H3,(H3,12,13,15,16,17,18)/b14-6+. The van der Waals surface area contributed by atoms with Gasteiger partial charge in [0.2, 0.25) is 17.8 Å². The molecule has 0 aliphatic rings. The maximum absolute atomic E-state index is 10.5. The molecule has 11 heteroatoms. The molecule has 2 aromatic heterocycles. The molecule has 0 aromatic carbocycles. The van der Waals surface area contributed by atoms with Crippen LogP contribution in [-0.2, 0) is 0 Å². The summed E-state index contributed by atoms with van der Waals surface area (Å²) < 4.78 is 4.92. The number of nitrogens with one attached hydrogen (secondary N) is 3. The highest BCUT2D eigenvalue weighted by Gasteiger charge is 2.10. The highest BCUT2D eigenvalue weighted by molar-refractivity contribution is 5.76. The number of hydrazone groups is 1. The average Bonchev–Trinajstić information content (AvgIpc) is 2.96. The largest absolute Gasteiger partial charge is 0.433 e. The fourth-order valence-corrected chi connectivity index (χ4v) is 1.44. The van der Waals surface area contributed by atoms with Crippen molar-refractivity contribution in [3.63, 3.8) is 0 Å². The second kappa shape index (κ2) is 6.97. The summed E-state index contributed by atoms with van der Waals surface area (Å²) in [5, 5.41) is 20.1. The second-order valence-electron chi connectivity index (χ2n) is 3.89. The Morgan fingerprint density at radius 2 is 2.05 bits per heavy atom. The number of hydrogen-bond donors (Lipinski definition) is 3. The summed E-state index contributed by atoms with van der Waals surface area (Å²) in [4.78, 5) is 22.1. The van der Waals surface area contributed by atoms with Gasteiger partial charge in [0.25, 0.3) is 0 Å². The highest BCUT2D eigenvalue weighted by atomic mass is 16.6. The SMILES string of the molecule is CCNc1nc(NC)nc(N/N=C/c2ccc([N+](=O)[O-])o2)n1. The monoisotopic (exact) mass is 306 g/mol. The minimum absolute atomic E-state index is 0.215. The zero-order chi connectivity index (χ0) is 15.9. The van der Waals surface area contributed by atoms with Gasteiger partial charge in [0.05, 0.1) is 12.3 Å². The summed E-state index contributed by atoms with van der Waals surface area (Å²) in [5.41, 5.74) is 2.60. The van der Waals surface area contributed by atoms with E-state index in [0.29, 0.717) is 18.4 Å². The first-order chi connectivity index (χ1) is 10.6. The number of hydrogen-bond acceptors (Lipinski definition) is 10. The molecule has 0 bridgehead atoms. The van der Waals surface area contributed by atoms with Crippen molar-refractivity contribution in [3.8, 4) is 0 Å². The molecule has 0 saturated carbocycles. The zero-order valence-electron chi connectivity index (χ0n) is 11.9. The lowest BCUT2D eigenvalue weighted by molar-refractivity contribution is -0.402. The first kappa shape index (κ1) is 15.2. The van der Waals surface area contributed by atoms with Crippen molar-refractivity contribution in [1.82, 2.24) is 15.0 Å². The molecule has 22 heavy (non-hydrogen) atoms. The van der Waals surface area contributed by atoms with Gasteiger partial charge in [0, 0.05) is 13.6 Å². The van der Waals surface area contributed by atoms with Crippen LogP contribution >= 0.6 is 0 Å². The highest BCUT2D eigenvalue weighted by Crippen LogP contribution is 2.14. The molecule has 0 amide bonds. The molecule has 0 spiro atoms. The fourth-order valence-electron chi connectivity index (χ4n) is 1.44. The third kappa shape index (κ3) is 3.88. The molecule has 0 atom stereocenters. The number of anilines is 3. The smallest absolute Gasteiger partial charge is 0.400 e. The van der Waals surface area contributed by atoms with Crippen LogP contribution < -0.4 is 16.1 Å². The molecule has 0 unspecified atom stereocenters. The summed E-state index contributed by atoms with van der Waals surface area (Å²) in [6.07, 6.45) is 1.28. The molecule has 3 N–H and O–H groups in total. The lowest BCUT2D eigenvalue weighted by atomic mass is 10.5. The van der Waals surface area contributed by atoms with Gasteiger partial charge in [-0.2, -0.15) is 20.1 Å². The first-order valence-electron chi connectivity index (χ1n) is 6.33. The summed E-state index contributed by atoms with van der Waals surface area (Å²) in [6, 6.07) is 2.67. The van der Waals surface area contributed by atoms with Crippen LogP contribution in [0.15, 0.2) is 21.7 Å². The Bertz CT molecular complexity index is 684.